The molecular weight excluding hydrogens is 182 g/mol. The Hall–Kier alpha value is -1.03. The van der Waals surface area contributed by atoms with Gasteiger partial charge in [-0.05, 0) is 26.2 Å². The van der Waals surface area contributed by atoms with Gasteiger partial charge in [-0.2, -0.15) is 0 Å². The molecule has 80 valence electrons. The van der Waals surface area contributed by atoms with Crippen LogP contribution in [0.25, 0.3) is 0 Å². The summed E-state index contributed by atoms with van der Waals surface area (Å²) in [5, 5.41) is 0. The summed E-state index contributed by atoms with van der Waals surface area (Å²) in [6.45, 7) is 2.76. The monoisotopic (exact) mass is 199 g/mol. The number of rotatable bonds is 3. The number of hydrogen-bond donors (Lipinski definition) is 1. The minimum absolute atomic E-state index is 0.0687. The molecule has 1 fully saturated rings. The van der Waals surface area contributed by atoms with Crippen LogP contribution in [-0.2, 0) is 14.3 Å². The highest BCUT2D eigenvalue weighted by atomic mass is 16.6. The van der Waals surface area contributed by atoms with Gasteiger partial charge >= 0.3 is 5.97 Å². The summed E-state index contributed by atoms with van der Waals surface area (Å²) < 4.78 is 10.4. The molecule has 1 saturated heterocycles. The third-order valence-corrected chi connectivity index (χ3v) is 2.03. The summed E-state index contributed by atoms with van der Waals surface area (Å²) in [5.41, 5.74) is 5.79. The van der Waals surface area contributed by atoms with Gasteiger partial charge in [0.1, 0.15) is 6.61 Å². The summed E-state index contributed by atoms with van der Waals surface area (Å²) >= 11 is 0. The fourth-order valence-electron chi connectivity index (χ4n) is 1.34. The van der Waals surface area contributed by atoms with Gasteiger partial charge in [-0.15, -0.1) is 0 Å². The minimum Gasteiger partial charge on any atom is -0.460 e. The Bertz CT molecular complexity index is 215. The Balaban J connectivity index is 2.19. The van der Waals surface area contributed by atoms with Crippen molar-refractivity contribution in [3.63, 3.8) is 0 Å². The van der Waals surface area contributed by atoms with Gasteiger partial charge in [-0.3, -0.25) is 0 Å². The highest BCUT2D eigenvalue weighted by Crippen LogP contribution is 2.12. The average molecular weight is 199 g/mol. The second-order valence-corrected chi connectivity index (χ2v) is 3.51. The smallest absolute Gasteiger partial charge is 0.332 e. The number of carbonyl (C=O) groups excluding carboxylic acids is 1. The van der Waals surface area contributed by atoms with Gasteiger partial charge in [0.25, 0.3) is 0 Å². The van der Waals surface area contributed by atoms with Gasteiger partial charge in [-0.25, -0.2) is 4.79 Å². The van der Waals surface area contributed by atoms with Gasteiger partial charge in [0.05, 0.1) is 6.10 Å². The quantitative estimate of drug-likeness (QED) is 0.543. The first-order valence-electron chi connectivity index (χ1n) is 4.90. The van der Waals surface area contributed by atoms with Crippen LogP contribution < -0.4 is 5.73 Å². The van der Waals surface area contributed by atoms with E-state index in [-0.39, 0.29) is 12.1 Å². The number of allylic oxidation sites excluding steroid dienone is 1. The SMILES string of the molecule is C/C(N)=C\C(=O)OCC1CCCCO1. The van der Waals surface area contributed by atoms with Crippen molar-refractivity contribution in [3.8, 4) is 0 Å². The average Bonchev–Trinajstić information content (AvgIpc) is 2.15. The normalized spacial score (nSPS) is 23.2. The van der Waals surface area contributed by atoms with E-state index >= 15 is 0 Å². The van der Waals surface area contributed by atoms with E-state index in [1.807, 2.05) is 0 Å². The van der Waals surface area contributed by atoms with Crippen molar-refractivity contribution in [2.45, 2.75) is 32.3 Å². The first-order chi connectivity index (χ1) is 6.68. The molecule has 0 bridgehead atoms. The molecule has 14 heavy (non-hydrogen) atoms. The van der Waals surface area contributed by atoms with E-state index in [0.29, 0.717) is 12.3 Å². The van der Waals surface area contributed by atoms with Crippen molar-refractivity contribution in [1.82, 2.24) is 0 Å². The molecule has 1 unspecified atom stereocenters. The van der Waals surface area contributed by atoms with Crippen molar-refractivity contribution in [2.24, 2.45) is 5.73 Å². The van der Waals surface area contributed by atoms with Crippen LogP contribution in [0.3, 0.4) is 0 Å². The Morgan fingerprint density at radius 1 is 1.64 bits per heavy atom. The predicted molar refractivity (Wildman–Crippen MR) is 52.5 cm³/mol. The summed E-state index contributed by atoms with van der Waals surface area (Å²) in [4.78, 5) is 11.1. The predicted octanol–water partition coefficient (Wildman–Crippen LogP) is 0.961. The molecule has 4 nitrogen and oxygen atoms in total. The zero-order valence-electron chi connectivity index (χ0n) is 8.49. The second kappa shape index (κ2) is 5.65. The third-order valence-electron chi connectivity index (χ3n) is 2.03. The number of carbonyl (C=O) groups is 1. The van der Waals surface area contributed by atoms with Crippen LogP contribution in [0.4, 0.5) is 0 Å². The van der Waals surface area contributed by atoms with Crippen molar-refractivity contribution < 1.29 is 14.3 Å². The molecule has 0 aliphatic carbocycles. The zero-order chi connectivity index (χ0) is 10.4. The lowest BCUT2D eigenvalue weighted by Gasteiger charge is -2.21. The summed E-state index contributed by atoms with van der Waals surface area (Å²) in [7, 11) is 0. The molecular formula is C10H17NO3. The van der Waals surface area contributed by atoms with E-state index in [4.69, 9.17) is 15.2 Å². The van der Waals surface area contributed by atoms with Crippen LogP contribution in [0.2, 0.25) is 0 Å². The van der Waals surface area contributed by atoms with Crippen molar-refractivity contribution in [2.75, 3.05) is 13.2 Å². The fraction of sp³-hybridized carbons (Fsp3) is 0.700. The van der Waals surface area contributed by atoms with Crippen LogP contribution in [0.1, 0.15) is 26.2 Å². The van der Waals surface area contributed by atoms with E-state index in [9.17, 15) is 4.79 Å². The van der Waals surface area contributed by atoms with Crippen LogP contribution in [-0.4, -0.2) is 25.3 Å². The lowest BCUT2D eigenvalue weighted by atomic mass is 10.1. The number of hydrogen-bond acceptors (Lipinski definition) is 4. The van der Waals surface area contributed by atoms with Gasteiger partial charge < -0.3 is 15.2 Å². The summed E-state index contributed by atoms with van der Waals surface area (Å²) in [6.07, 6.45) is 4.57. The Morgan fingerprint density at radius 3 is 3.00 bits per heavy atom. The van der Waals surface area contributed by atoms with E-state index in [0.717, 1.165) is 25.9 Å². The van der Waals surface area contributed by atoms with Crippen LogP contribution >= 0.6 is 0 Å². The highest BCUT2D eigenvalue weighted by molar-refractivity contribution is 5.82. The maximum absolute atomic E-state index is 11.1. The first-order valence-corrected chi connectivity index (χ1v) is 4.90. The molecule has 0 saturated carbocycles. The molecule has 1 aliphatic rings. The van der Waals surface area contributed by atoms with Crippen molar-refractivity contribution in [1.29, 1.82) is 0 Å². The molecule has 0 aromatic carbocycles. The van der Waals surface area contributed by atoms with Gasteiger partial charge in [-0.1, -0.05) is 0 Å². The number of nitrogens with two attached hydrogens (primary N) is 1. The molecule has 0 aromatic heterocycles. The second-order valence-electron chi connectivity index (χ2n) is 3.51. The van der Waals surface area contributed by atoms with Crippen LogP contribution in [0.5, 0.6) is 0 Å². The van der Waals surface area contributed by atoms with Crippen LogP contribution in [0.15, 0.2) is 11.8 Å². The number of ether oxygens (including phenoxy) is 2. The summed E-state index contributed by atoms with van der Waals surface area (Å²) in [6, 6.07) is 0. The summed E-state index contributed by atoms with van der Waals surface area (Å²) in [5.74, 6) is -0.390. The van der Waals surface area contributed by atoms with Crippen molar-refractivity contribution in [3.05, 3.63) is 11.8 Å². The molecule has 1 atom stereocenters. The molecule has 1 heterocycles. The Kier molecular flexibility index (Phi) is 4.46. The molecule has 0 radical (unpaired) electrons. The zero-order valence-corrected chi connectivity index (χ0v) is 8.49. The van der Waals surface area contributed by atoms with Gasteiger partial charge in [0, 0.05) is 18.4 Å². The molecule has 4 heteroatoms. The molecule has 1 rings (SSSR count). The molecule has 2 N–H and O–H groups in total. The van der Waals surface area contributed by atoms with E-state index in [2.05, 4.69) is 0 Å². The van der Waals surface area contributed by atoms with Crippen LogP contribution in [0, 0.1) is 0 Å². The molecule has 1 aliphatic heterocycles. The van der Waals surface area contributed by atoms with E-state index in [1.165, 1.54) is 6.08 Å². The maximum atomic E-state index is 11.1. The lowest BCUT2D eigenvalue weighted by Crippen LogP contribution is -2.25. The fourth-order valence-corrected chi connectivity index (χ4v) is 1.34. The largest absolute Gasteiger partial charge is 0.460 e. The van der Waals surface area contributed by atoms with Crippen molar-refractivity contribution >= 4 is 5.97 Å². The third kappa shape index (κ3) is 4.28. The lowest BCUT2D eigenvalue weighted by molar-refractivity contribution is -0.143. The first kappa shape index (κ1) is 11.0. The molecule has 0 amide bonds. The number of esters is 1. The Labute approximate surface area is 84.1 Å². The maximum Gasteiger partial charge on any atom is 0.332 e. The van der Waals surface area contributed by atoms with Gasteiger partial charge in [0.15, 0.2) is 0 Å². The van der Waals surface area contributed by atoms with E-state index in [1.54, 1.807) is 6.92 Å². The van der Waals surface area contributed by atoms with E-state index < -0.39 is 0 Å². The standard InChI is InChI=1S/C10H17NO3/c1-8(11)6-10(12)14-7-9-4-2-3-5-13-9/h6,9H,2-5,7,11H2,1H3/b8-6+. The molecule has 0 aromatic rings. The molecule has 0 spiro atoms. The Morgan fingerprint density at radius 2 is 2.43 bits per heavy atom. The minimum atomic E-state index is -0.390. The highest BCUT2D eigenvalue weighted by Gasteiger charge is 2.15. The topological polar surface area (TPSA) is 61.6 Å². The van der Waals surface area contributed by atoms with Gasteiger partial charge in [0.2, 0.25) is 0 Å².